The van der Waals surface area contributed by atoms with Gasteiger partial charge in [0.25, 0.3) is 0 Å². The summed E-state index contributed by atoms with van der Waals surface area (Å²) in [7, 11) is 1.75. The number of carboxylic acid groups (broad SMARTS) is 1. The highest BCUT2D eigenvalue weighted by molar-refractivity contribution is 5.83. The molecule has 104 valence electrons. The normalized spacial score (nSPS) is 24.1. The lowest BCUT2D eigenvalue weighted by atomic mass is 10.1. The third kappa shape index (κ3) is 3.11. The van der Waals surface area contributed by atoms with E-state index >= 15 is 0 Å². The van der Waals surface area contributed by atoms with Gasteiger partial charge in [0.15, 0.2) is 0 Å². The molecule has 1 aliphatic carbocycles. The van der Waals surface area contributed by atoms with Gasteiger partial charge >= 0.3 is 5.97 Å². The average Bonchev–Trinajstić information content (AvgIpc) is 2.97. The van der Waals surface area contributed by atoms with Crippen LogP contribution >= 0.6 is 0 Å². The summed E-state index contributed by atoms with van der Waals surface area (Å²) < 4.78 is 1.58. The highest BCUT2D eigenvalue weighted by Gasteiger charge is 2.31. The maximum atomic E-state index is 12.0. The molecule has 4 N–H and O–H groups in total. The minimum Gasteiger partial charge on any atom is -0.481 e. The molecular formula is C12H18N4O3. The number of carbonyl (C=O) groups excluding carboxylic acids is 1. The zero-order valence-corrected chi connectivity index (χ0v) is 10.7. The predicted molar refractivity (Wildman–Crippen MR) is 67.0 cm³/mol. The molecule has 7 heteroatoms. The van der Waals surface area contributed by atoms with E-state index in [-0.39, 0.29) is 17.9 Å². The van der Waals surface area contributed by atoms with Crippen molar-refractivity contribution in [2.75, 3.05) is 0 Å². The van der Waals surface area contributed by atoms with Crippen molar-refractivity contribution < 1.29 is 14.7 Å². The van der Waals surface area contributed by atoms with E-state index in [1.54, 1.807) is 24.1 Å². The van der Waals surface area contributed by atoms with E-state index in [2.05, 4.69) is 10.4 Å². The molecule has 2 rings (SSSR count). The van der Waals surface area contributed by atoms with Crippen LogP contribution in [-0.2, 0) is 16.6 Å². The first-order valence-electron chi connectivity index (χ1n) is 6.24. The molecule has 1 saturated carbocycles. The van der Waals surface area contributed by atoms with E-state index in [9.17, 15) is 9.59 Å². The van der Waals surface area contributed by atoms with Crippen molar-refractivity contribution in [3.63, 3.8) is 0 Å². The lowest BCUT2D eigenvalue weighted by molar-refractivity contribution is -0.141. The Morgan fingerprint density at radius 2 is 2.32 bits per heavy atom. The van der Waals surface area contributed by atoms with Crippen molar-refractivity contribution >= 4 is 11.9 Å². The Hall–Kier alpha value is -1.89. The molecule has 1 aromatic heterocycles. The quantitative estimate of drug-likeness (QED) is 0.698. The standard InChI is InChI=1S/C12H18N4O3/c1-16-6-8(5-14-16)10(13)11(17)15-9-3-2-7(4-9)12(18)19/h5-7,9-10H,2-4,13H2,1H3,(H,15,17)(H,18,19). The fourth-order valence-electron chi connectivity index (χ4n) is 2.38. The molecule has 3 atom stereocenters. The van der Waals surface area contributed by atoms with Crippen LogP contribution in [0.1, 0.15) is 30.9 Å². The van der Waals surface area contributed by atoms with Crippen LogP contribution < -0.4 is 11.1 Å². The molecule has 0 spiro atoms. The number of carbonyl (C=O) groups is 2. The summed E-state index contributed by atoms with van der Waals surface area (Å²) in [6.07, 6.45) is 5.00. The molecule has 1 aromatic rings. The van der Waals surface area contributed by atoms with Crippen molar-refractivity contribution in [2.45, 2.75) is 31.3 Å². The van der Waals surface area contributed by atoms with Crippen LogP contribution in [0.15, 0.2) is 12.4 Å². The van der Waals surface area contributed by atoms with Crippen LogP contribution in [0.2, 0.25) is 0 Å². The number of rotatable bonds is 4. The number of nitrogens with zero attached hydrogens (tertiary/aromatic N) is 2. The average molecular weight is 266 g/mol. The van der Waals surface area contributed by atoms with E-state index < -0.39 is 12.0 Å². The van der Waals surface area contributed by atoms with Crippen LogP contribution in [0, 0.1) is 5.92 Å². The topological polar surface area (TPSA) is 110 Å². The SMILES string of the molecule is Cn1cc(C(N)C(=O)NC2CCC(C(=O)O)C2)cn1. The number of nitrogens with one attached hydrogen (secondary N) is 1. The fourth-order valence-corrected chi connectivity index (χ4v) is 2.38. The Kier molecular flexibility index (Phi) is 3.84. The fraction of sp³-hybridized carbons (Fsp3) is 0.583. The van der Waals surface area contributed by atoms with Gasteiger partial charge in [-0.15, -0.1) is 0 Å². The van der Waals surface area contributed by atoms with Crippen LogP contribution in [0.3, 0.4) is 0 Å². The highest BCUT2D eigenvalue weighted by Crippen LogP contribution is 2.26. The third-order valence-electron chi connectivity index (χ3n) is 3.49. The number of aliphatic carboxylic acids is 1. The van der Waals surface area contributed by atoms with Crippen LogP contribution in [0.5, 0.6) is 0 Å². The summed E-state index contributed by atoms with van der Waals surface area (Å²) in [5.74, 6) is -1.45. The lowest BCUT2D eigenvalue weighted by Gasteiger charge is -2.15. The largest absolute Gasteiger partial charge is 0.481 e. The van der Waals surface area contributed by atoms with Crippen LogP contribution in [-0.4, -0.2) is 32.8 Å². The third-order valence-corrected chi connectivity index (χ3v) is 3.49. The number of amides is 1. The summed E-state index contributed by atoms with van der Waals surface area (Å²) in [5, 5.41) is 15.7. The van der Waals surface area contributed by atoms with Gasteiger partial charge in [-0.2, -0.15) is 5.10 Å². The van der Waals surface area contributed by atoms with Gasteiger partial charge in [0, 0.05) is 24.8 Å². The van der Waals surface area contributed by atoms with Crippen molar-refractivity contribution in [1.29, 1.82) is 0 Å². The van der Waals surface area contributed by atoms with Crippen molar-refractivity contribution in [1.82, 2.24) is 15.1 Å². The zero-order valence-electron chi connectivity index (χ0n) is 10.7. The second kappa shape index (κ2) is 5.40. The summed E-state index contributed by atoms with van der Waals surface area (Å²) in [4.78, 5) is 22.8. The van der Waals surface area contributed by atoms with Gasteiger partial charge in [0.05, 0.1) is 12.1 Å². The smallest absolute Gasteiger partial charge is 0.306 e. The lowest BCUT2D eigenvalue weighted by Crippen LogP contribution is -2.39. The first-order valence-corrected chi connectivity index (χ1v) is 6.24. The Morgan fingerprint density at radius 1 is 1.58 bits per heavy atom. The maximum absolute atomic E-state index is 12.0. The monoisotopic (exact) mass is 266 g/mol. The first-order chi connectivity index (χ1) is 8.97. The molecule has 3 unspecified atom stereocenters. The van der Waals surface area contributed by atoms with Gasteiger partial charge in [-0.05, 0) is 19.3 Å². The van der Waals surface area contributed by atoms with E-state index in [1.807, 2.05) is 0 Å². The summed E-state index contributed by atoms with van der Waals surface area (Å²) in [6, 6.07) is -0.867. The second-order valence-electron chi connectivity index (χ2n) is 4.98. The highest BCUT2D eigenvalue weighted by atomic mass is 16.4. The number of aromatic nitrogens is 2. The van der Waals surface area contributed by atoms with E-state index in [0.29, 0.717) is 24.8 Å². The molecule has 1 heterocycles. The first kappa shape index (κ1) is 13.5. The number of carboxylic acids is 1. The zero-order chi connectivity index (χ0) is 14.0. The molecule has 1 amide bonds. The van der Waals surface area contributed by atoms with Crippen LogP contribution in [0.25, 0.3) is 0 Å². The van der Waals surface area contributed by atoms with Crippen molar-refractivity contribution in [3.05, 3.63) is 18.0 Å². The number of hydrogen-bond acceptors (Lipinski definition) is 4. The van der Waals surface area contributed by atoms with Gasteiger partial charge in [-0.25, -0.2) is 0 Å². The van der Waals surface area contributed by atoms with Crippen molar-refractivity contribution in [2.24, 2.45) is 18.7 Å². The summed E-state index contributed by atoms with van der Waals surface area (Å²) in [5.41, 5.74) is 6.49. The minimum atomic E-state index is -0.798. The van der Waals surface area contributed by atoms with E-state index in [1.165, 1.54) is 0 Å². The molecular weight excluding hydrogens is 248 g/mol. The van der Waals surface area contributed by atoms with Gasteiger partial charge in [-0.1, -0.05) is 0 Å². The Bertz CT molecular complexity index is 485. The van der Waals surface area contributed by atoms with Gasteiger partial charge in [0.2, 0.25) is 5.91 Å². The molecule has 0 bridgehead atoms. The van der Waals surface area contributed by atoms with Gasteiger partial charge in [0.1, 0.15) is 6.04 Å². The maximum Gasteiger partial charge on any atom is 0.306 e. The van der Waals surface area contributed by atoms with E-state index in [0.717, 1.165) is 0 Å². The number of hydrogen-bond donors (Lipinski definition) is 3. The molecule has 0 saturated heterocycles. The van der Waals surface area contributed by atoms with Gasteiger partial charge in [-0.3, -0.25) is 14.3 Å². The van der Waals surface area contributed by atoms with Gasteiger partial charge < -0.3 is 16.2 Å². The molecule has 0 aliphatic heterocycles. The summed E-state index contributed by atoms with van der Waals surface area (Å²) in [6.45, 7) is 0. The summed E-state index contributed by atoms with van der Waals surface area (Å²) >= 11 is 0. The van der Waals surface area contributed by atoms with Crippen molar-refractivity contribution in [3.8, 4) is 0 Å². The minimum absolute atomic E-state index is 0.101. The Balaban J connectivity index is 1.89. The predicted octanol–water partition coefficient (Wildman–Crippen LogP) is -0.211. The molecule has 0 aromatic carbocycles. The Morgan fingerprint density at radius 3 is 2.84 bits per heavy atom. The molecule has 1 aliphatic rings. The second-order valence-corrected chi connectivity index (χ2v) is 4.98. The van der Waals surface area contributed by atoms with E-state index in [4.69, 9.17) is 10.8 Å². The molecule has 19 heavy (non-hydrogen) atoms. The molecule has 1 fully saturated rings. The molecule has 0 radical (unpaired) electrons. The Labute approximate surface area is 110 Å². The van der Waals surface area contributed by atoms with Crippen LogP contribution in [0.4, 0.5) is 0 Å². The molecule has 7 nitrogen and oxygen atoms in total. The number of aryl methyl sites for hydroxylation is 1. The number of nitrogens with two attached hydrogens (primary N) is 1.